The van der Waals surface area contributed by atoms with E-state index in [0.717, 1.165) is 23.4 Å². The van der Waals surface area contributed by atoms with E-state index in [0.29, 0.717) is 0 Å². The van der Waals surface area contributed by atoms with E-state index < -0.39 is 0 Å². The molecule has 0 aromatic heterocycles. The summed E-state index contributed by atoms with van der Waals surface area (Å²) in [4.78, 5) is 0. The second kappa shape index (κ2) is 8.90. The first-order valence-electron chi connectivity index (χ1n) is 10.6. The van der Waals surface area contributed by atoms with Gasteiger partial charge in [-0.05, 0) is 70.4 Å². The summed E-state index contributed by atoms with van der Waals surface area (Å²) >= 11 is 7.00. The zero-order chi connectivity index (χ0) is 21.1. The summed E-state index contributed by atoms with van der Waals surface area (Å²) in [6, 6.07) is 26.0. The highest BCUT2D eigenvalue weighted by Crippen LogP contribution is 2.45. The summed E-state index contributed by atoms with van der Waals surface area (Å²) in [6.45, 7) is 6.48. The number of allylic oxidation sites excluding steroid dienone is 4. The highest BCUT2D eigenvalue weighted by atomic mass is 35.5. The molecule has 0 N–H and O–H groups in total. The highest BCUT2D eigenvalue weighted by Gasteiger charge is 2.25. The first-order chi connectivity index (χ1) is 14.6. The molecule has 0 unspecified atom stereocenters. The zero-order valence-corrected chi connectivity index (χ0v) is 18.6. The molecular weight excluding hydrogens is 384 g/mol. The maximum atomic E-state index is 7.00. The summed E-state index contributed by atoms with van der Waals surface area (Å²) in [5.74, 6) is 0. The van der Waals surface area contributed by atoms with Gasteiger partial charge in [-0.3, -0.25) is 0 Å². The Kier molecular flexibility index (Phi) is 6.06. The van der Waals surface area contributed by atoms with Crippen LogP contribution in [0.4, 0.5) is 0 Å². The lowest BCUT2D eigenvalue weighted by molar-refractivity contribution is 1.20. The van der Waals surface area contributed by atoms with Crippen molar-refractivity contribution in [1.82, 2.24) is 0 Å². The molecule has 0 fully saturated rings. The number of benzene rings is 3. The lowest BCUT2D eigenvalue weighted by Crippen LogP contribution is -1.99. The second-order valence-electron chi connectivity index (χ2n) is 7.77. The molecule has 30 heavy (non-hydrogen) atoms. The fourth-order valence-corrected chi connectivity index (χ4v) is 4.76. The average molecular weight is 411 g/mol. The number of rotatable bonds is 5. The Morgan fingerprint density at radius 2 is 1.63 bits per heavy atom. The minimum Gasteiger partial charge on any atom is -0.0871 e. The third-order valence-electron chi connectivity index (χ3n) is 5.87. The van der Waals surface area contributed by atoms with Crippen LogP contribution < -0.4 is 0 Å². The molecule has 0 amide bonds. The molecule has 4 rings (SSSR count). The smallest absolute Gasteiger partial charge is 0.0522 e. The molecule has 1 aliphatic carbocycles. The van der Waals surface area contributed by atoms with Crippen molar-refractivity contribution >= 4 is 33.9 Å². The summed E-state index contributed by atoms with van der Waals surface area (Å²) in [6.07, 6.45) is 6.02. The minimum atomic E-state index is 0.871. The van der Waals surface area contributed by atoms with Gasteiger partial charge in [0.2, 0.25) is 0 Å². The van der Waals surface area contributed by atoms with E-state index in [1.165, 1.54) is 44.5 Å². The van der Waals surface area contributed by atoms with Gasteiger partial charge in [0, 0.05) is 6.42 Å². The summed E-state index contributed by atoms with van der Waals surface area (Å²) in [7, 11) is 0. The largest absolute Gasteiger partial charge is 0.0871 e. The average Bonchev–Trinajstić information content (AvgIpc) is 3.10. The summed E-state index contributed by atoms with van der Waals surface area (Å²) in [5.41, 5.74) is 11.4. The molecule has 0 radical (unpaired) electrons. The predicted molar refractivity (Wildman–Crippen MR) is 132 cm³/mol. The van der Waals surface area contributed by atoms with Gasteiger partial charge in [-0.1, -0.05) is 103 Å². The number of hydrogen-bond acceptors (Lipinski definition) is 0. The van der Waals surface area contributed by atoms with Gasteiger partial charge < -0.3 is 0 Å². The van der Waals surface area contributed by atoms with E-state index in [1.807, 2.05) is 6.92 Å². The molecule has 0 saturated heterocycles. The van der Waals surface area contributed by atoms with Gasteiger partial charge in [-0.25, -0.2) is 0 Å². The van der Waals surface area contributed by atoms with Crippen molar-refractivity contribution in [3.8, 4) is 0 Å². The molecule has 150 valence electrons. The van der Waals surface area contributed by atoms with Crippen molar-refractivity contribution in [1.29, 1.82) is 0 Å². The van der Waals surface area contributed by atoms with Gasteiger partial charge in [-0.15, -0.1) is 0 Å². The summed E-state index contributed by atoms with van der Waals surface area (Å²) < 4.78 is 0. The Morgan fingerprint density at radius 3 is 2.30 bits per heavy atom. The Labute approximate surface area is 185 Å². The van der Waals surface area contributed by atoms with Crippen LogP contribution >= 0.6 is 11.6 Å². The Hall–Kier alpha value is -2.83. The zero-order valence-electron chi connectivity index (χ0n) is 17.9. The van der Waals surface area contributed by atoms with Gasteiger partial charge in [0.05, 0.1) is 5.03 Å². The van der Waals surface area contributed by atoms with E-state index in [1.54, 1.807) is 0 Å². The van der Waals surface area contributed by atoms with Crippen LogP contribution in [0.3, 0.4) is 0 Å². The minimum absolute atomic E-state index is 0.871. The van der Waals surface area contributed by atoms with Crippen LogP contribution in [0.25, 0.3) is 22.3 Å². The molecule has 3 aromatic rings. The van der Waals surface area contributed by atoms with Crippen LogP contribution in [0.1, 0.15) is 53.6 Å². The molecule has 0 heterocycles. The fourth-order valence-electron chi connectivity index (χ4n) is 4.41. The number of hydrogen-bond donors (Lipinski definition) is 0. The van der Waals surface area contributed by atoms with Crippen molar-refractivity contribution in [3.63, 3.8) is 0 Å². The van der Waals surface area contributed by atoms with Crippen LogP contribution in [0.2, 0.25) is 0 Å². The number of aryl methyl sites for hydroxylation is 1. The quantitative estimate of drug-likeness (QED) is 0.369. The molecular formula is C29H27Cl. The second-order valence-corrected chi connectivity index (χ2v) is 8.15. The Balaban J connectivity index is 1.97. The maximum absolute atomic E-state index is 7.00. The molecule has 0 spiro atoms. The van der Waals surface area contributed by atoms with Crippen LogP contribution in [-0.4, -0.2) is 0 Å². The van der Waals surface area contributed by atoms with E-state index >= 15 is 0 Å². The third-order valence-corrected chi connectivity index (χ3v) is 6.30. The first-order valence-corrected chi connectivity index (χ1v) is 11.0. The lowest BCUT2D eigenvalue weighted by atomic mass is 9.85. The SMILES string of the molecule is C/C=C/c1ccc(/C(C2=C(Cl)c3ccccc3C2)=C(/CC)c2ccccc2C)cc1. The normalized spacial score (nSPS) is 14.3. The number of halogens is 1. The van der Waals surface area contributed by atoms with Crippen molar-refractivity contribution < 1.29 is 0 Å². The van der Waals surface area contributed by atoms with Crippen molar-refractivity contribution in [3.05, 3.63) is 118 Å². The van der Waals surface area contributed by atoms with Crippen molar-refractivity contribution in [2.45, 2.75) is 33.6 Å². The highest BCUT2D eigenvalue weighted by molar-refractivity contribution is 6.51. The van der Waals surface area contributed by atoms with Crippen LogP contribution in [0, 0.1) is 6.92 Å². The Morgan fingerprint density at radius 1 is 0.933 bits per heavy atom. The van der Waals surface area contributed by atoms with E-state index in [2.05, 4.69) is 98.8 Å². The van der Waals surface area contributed by atoms with Crippen molar-refractivity contribution in [2.75, 3.05) is 0 Å². The lowest BCUT2D eigenvalue weighted by Gasteiger charge is -2.19. The predicted octanol–water partition coefficient (Wildman–Crippen LogP) is 8.56. The van der Waals surface area contributed by atoms with Gasteiger partial charge in [0.15, 0.2) is 0 Å². The molecule has 0 atom stereocenters. The van der Waals surface area contributed by atoms with Gasteiger partial charge >= 0.3 is 0 Å². The van der Waals surface area contributed by atoms with Gasteiger partial charge in [0.1, 0.15) is 0 Å². The van der Waals surface area contributed by atoms with E-state index in [4.69, 9.17) is 11.6 Å². The first kappa shape index (κ1) is 20.4. The summed E-state index contributed by atoms with van der Waals surface area (Å²) in [5, 5.41) is 0.887. The molecule has 1 heteroatoms. The van der Waals surface area contributed by atoms with Gasteiger partial charge in [0.25, 0.3) is 0 Å². The van der Waals surface area contributed by atoms with Gasteiger partial charge in [-0.2, -0.15) is 0 Å². The van der Waals surface area contributed by atoms with Crippen molar-refractivity contribution in [2.24, 2.45) is 0 Å². The third kappa shape index (κ3) is 3.80. The standard InChI is InChI=1S/C29H27Cl/c1-4-10-21-15-17-22(18-16-21)28(24(5-2)25-13-8-6-11-20(25)3)27-19-23-12-7-9-14-26(23)29(27)30/h4,6-18H,5,19H2,1-3H3/b10-4+,28-24+. The number of fused-ring (bicyclic) bond motifs is 1. The molecule has 0 bridgehead atoms. The van der Waals surface area contributed by atoms with Crippen LogP contribution in [0.15, 0.2) is 84.4 Å². The molecule has 0 aliphatic heterocycles. The van der Waals surface area contributed by atoms with Crippen LogP contribution in [-0.2, 0) is 6.42 Å². The maximum Gasteiger partial charge on any atom is 0.0522 e. The molecule has 0 saturated carbocycles. The molecule has 3 aromatic carbocycles. The Bertz CT molecular complexity index is 1160. The molecule has 0 nitrogen and oxygen atoms in total. The van der Waals surface area contributed by atoms with E-state index in [-0.39, 0.29) is 0 Å². The fraction of sp³-hybridized carbons (Fsp3) is 0.172. The topological polar surface area (TPSA) is 0 Å². The molecule has 1 aliphatic rings. The van der Waals surface area contributed by atoms with E-state index in [9.17, 15) is 0 Å². The monoisotopic (exact) mass is 410 g/mol. The van der Waals surface area contributed by atoms with Crippen LogP contribution in [0.5, 0.6) is 0 Å².